The van der Waals surface area contributed by atoms with Crippen LogP contribution in [-0.2, 0) is 32.7 Å². The van der Waals surface area contributed by atoms with Crippen molar-refractivity contribution in [1.29, 1.82) is 0 Å². The molecule has 0 aliphatic rings. The molecule has 0 fully saturated rings. The molecule has 9 nitrogen and oxygen atoms in total. The molecule has 0 aliphatic carbocycles. The van der Waals surface area contributed by atoms with Crippen molar-refractivity contribution in [2.45, 2.75) is 238 Å². The van der Waals surface area contributed by atoms with Crippen LogP contribution in [0.4, 0.5) is 0 Å². The van der Waals surface area contributed by atoms with Crippen LogP contribution < -0.4 is 4.89 Å². The third-order valence-electron chi connectivity index (χ3n) is 13.6. The van der Waals surface area contributed by atoms with E-state index in [1.807, 2.05) is 21.1 Å². The Morgan fingerprint density at radius 3 is 0.909 bits per heavy atom. The quantitative estimate of drug-likeness (QED) is 0.0195. The van der Waals surface area contributed by atoms with Gasteiger partial charge in [0.05, 0.1) is 27.7 Å². The van der Waals surface area contributed by atoms with Crippen LogP contribution in [0.15, 0.2) is 194 Å². The molecule has 0 bridgehead atoms. The molecule has 0 N–H and O–H groups in total. The lowest BCUT2D eigenvalue weighted by Gasteiger charge is -2.28. The number of ether oxygens (including phenoxy) is 2. The molecule has 0 radical (unpaired) electrons. The summed E-state index contributed by atoms with van der Waals surface area (Å²) in [4.78, 5) is 38.1. The van der Waals surface area contributed by atoms with Crippen molar-refractivity contribution in [3.05, 3.63) is 194 Å². The Hall–Kier alpha value is -5.15. The Kier molecular flexibility index (Phi) is 62.4. The molecule has 10 heteroatoms. The van der Waals surface area contributed by atoms with Gasteiger partial charge in [0.1, 0.15) is 19.8 Å². The number of esters is 2. The lowest BCUT2D eigenvalue weighted by atomic mass is 10.0. The number of carbonyl (C=O) groups excluding carboxylic acids is 2. The summed E-state index contributed by atoms with van der Waals surface area (Å²) in [6.45, 7) is 3.95. The van der Waals surface area contributed by atoms with E-state index >= 15 is 0 Å². The zero-order valence-corrected chi connectivity index (χ0v) is 57.0. The van der Waals surface area contributed by atoms with Crippen LogP contribution >= 0.6 is 7.82 Å². The van der Waals surface area contributed by atoms with Gasteiger partial charge >= 0.3 is 11.9 Å². The molecule has 0 saturated carbocycles. The van der Waals surface area contributed by atoms with Gasteiger partial charge in [0.25, 0.3) is 7.82 Å². The molecule has 0 aromatic rings. The summed E-state index contributed by atoms with van der Waals surface area (Å²) in [5.74, 6) is -0.882. The summed E-state index contributed by atoms with van der Waals surface area (Å²) in [6.07, 6.45) is 103. The third kappa shape index (κ3) is 69.9. The minimum Gasteiger partial charge on any atom is -0.756 e. The predicted molar refractivity (Wildman–Crippen MR) is 378 cm³/mol. The minimum atomic E-state index is -4.66. The summed E-state index contributed by atoms with van der Waals surface area (Å²) >= 11 is 0. The highest BCUT2D eigenvalue weighted by Gasteiger charge is 2.22. The number of likely N-dealkylation sites (N-methyl/N-ethyl adjacent to an activating group) is 1. The molecule has 0 rings (SSSR count). The Labute approximate surface area is 539 Å². The Balaban J connectivity index is 4.21. The minimum absolute atomic E-state index is 0.0473. The van der Waals surface area contributed by atoms with E-state index < -0.39 is 32.5 Å². The molecule has 88 heavy (non-hydrogen) atoms. The van der Waals surface area contributed by atoms with Crippen molar-refractivity contribution < 1.29 is 42.1 Å². The second kappa shape index (κ2) is 66.3. The van der Waals surface area contributed by atoms with E-state index in [0.717, 1.165) is 154 Å². The van der Waals surface area contributed by atoms with Gasteiger partial charge in [0.15, 0.2) is 6.10 Å². The van der Waals surface area contributed by atoms with Crippen molar-refractivity contribution in [2.24, 2.45) is 0 Å². The fraction of sp³-hybridized carbons (Fsp3) is 0.564. The monoisotopic (exact) mass is 1230 g/mol. The van der Waals surface area contributed by atoms with Crippen molar-refractivity contribution in [2.75, 3.05) is 47.5 Å². The van der Waals surface area contributed by atoms with E-state index in [9.17, 15) is 19.0 Å². The highest BCUT2D eigenvalue weighted by atomic mass is 31.2. The SMILES string of the molecule is CC/C=C\C/C=C\C/C=C\C/C=C\C/C=C\C/C=C\C/C=C\C/C=C\CCCCCCCCCCCCC(=O)OC(COC(=O)CCCCCC/C=C\C/C=C\C/C=C\C/C=C\C/C=C\C/C=C\C/C=C\C/C=C\CC)COP(=O)([O-])OCC[N+](C)(C)C. The fourth-order valence-corrected chi connectivity index (χ4v) is 9.18. The van der Waals surface area contributed by atoms with Gasteiger partial charge in [-0.2, -0.15) is 0 Å². The fourth-order valence-electron chi connectivity index (χ4n) is 8.45. The van der Waals surface area contributed by atoms with Crippen LogP contribution in [0, 0.1) is 0 Å². The van der Waals surface area contributed by atoms with E-state index in [2.05, 4.69) is 208 Å². The molecule has 0 aliphatic heterocycles. The number of phosphoric acid groups is 1. The number of quaternary nitrogens is 1. The zero-order chi connectivity index (χ0) is 64.1. The second-order valence-corrected chi connectivity index (χ2v) is 24.5. The molecule has 0 spiro atoms. The molecular weight excluding hydrogens is 1110 g/mol. The molecule has 2 unspecified atom stereocenters. The first-order valence-electron chi connectivity index (χ1n) is 34.1. The topological polar surface area (TPSA) is 111 Å². The molecule has 494 valence electrons. The summed E-state index contributed by atoms with van der Waals surface area (Å²) in [5, 5.41) is 0. The normalized spacial score (nSPS) is 14.4. The average Bonchev–Trinajstić information content (AvgIpc) is 3.57. The van der Waals surface area contributed by atoms with Crippen LogP contribution in [0.2, 0.25) is 0 Å². The number of hydrogen-bond acceptors (Lipinski definition) is 8. The second-order valence-electron chi connectivity index (χ2n) is 23.1. The number of unbranched alkanes of at least 4 members (excludes halogenated alkanes) is 14. The van der Waals surface area contributed by atoms with Crippen molar-refractivity contribution in [1.82, 2.24) is 0 Å². The Morgan fingerprint density at radius 1 is 0.352 bits per heavy atom. The standard InChI is InChI=1S/C78H124NO8P/c1-6-8-10-12-14-16-18-20-22-24-26-28-30-32-34-36-37-38-39-40-41-43-45-47-49-51-53-55-57-59-61-63-65-67-69-71-78(81)87-76(75-86-88(82,83)85-73-72-79(3,4)5)74-84-77(80)70-68-66-64-62-60-58-56-54-52-50-48-46-44-42-35-33-31-29-27-25-23-21-19-17-15-13-11-9-7-2/h8-11,14-17,20-23,26-29,32-35,37-38,40-41,44-47,50,52,56,58,76H,6-7,12-13,18-19,24-25,30-31,36,39,42-43,48-49,51,53-55,57,59-75H2,1-5H3/b10-8-,11-9-,16-14-,17-15-,22-20-,23-21-,28-26-,29-27-,34-32-,35-33-,38-37-,41-40-,46-44-,47-45-,52-50-,58-56-. The molecular formula is C78H124NO8P. The van der Waals surface area contributed by atoms with E-state index in [4.69, 9.17) is 18.5 Å². The van der Waals surface area contributed by atoms with Crippen LogP contribution in [-0.4, -0.2) is 70.0 Å². The molecule has 2 atom stereocenters. The van der Waals surface area contributed by atoms with Gasteiger partial charge in [-0.3, -0.25) is 14.2 Å². The summed E-state index contributed by atoms with van der Waals surface area (Å²) in [5.41, 5.74) is 0. The summed E-state index contributed by atoms with van der Waals surface area (Å²) < 4.78 is 34.2. The maximum atomic E-state index is 12.9. The maximum Gasteiger partial charge on any atom is 0.306 e. The first-order chi connectivity index (χ1) is 43.0. The van der Waals surface area contributed by atoms with Crippen molar-refractivity contribution >= 4 is 19.8 Å². The van der Waals surface area contributed by atoms with Gasteiger partial charge in [0.2, 0.25) is 0 Å². The van der Waals surface area contributed by atoms with Crippen LogP contribution in [0.25, 0.3) is 0 Å². The number of nitrogens with zero attached hydrogens (tertiary/aromatic N) is 1. The van der Waals surface area contributed by atoms with Gasteiger partial charge in [-0.1, -0.05) is 272 Å². The number of allylic oxidation sites excluding steroid dienone is 32. The molecule has 0 aromatic carbocycles. The van der Waals surface area contributed by atoms with Crippen LogP contribution in [0.1, 0.15) is 232 Å². The molecule has 0 amide bonds. The molecule has 0 saturated heterocycles. The third-order valence-corrected chi connectivity index (χ3v) is 14.6. The molecule has 0 aromatic heterocycles. The number of phosphoric ester groups is 1. The molecule has 0 heterocycles. The van der Waals surface area contributed by atoms with Gasteiger partial charge < -0.3 is 27.9 Å². The Morgan fingerprint density at radius 2 is 0.614 bits per heavy atom. The lowest BCUT2D eigenvalue weighted by Crippen LogP contribution is -2.37. The van der Waals surface area contributed by atoms with Gasteiger partial charge in [-0.15, -0.1) is 0 Å². The van der Waals surface area contributed by atoms with E-state index in [-0.39, 0.29) is 26.1 Å². The van der Waals surface area contributed by atoms with Crippen LogP contribution in [0.3, 0.4) is 0 Å². The summed E-state index contributed by atoms with van der Waals surface area (Å²) in [6, 6.07) is 0. The van der Waals surface area contributed by atoms with Gasteiger partial charge in [-0.25, -0.2) is 0 Å². The van der Waals surface area contributed by atoms with E-state index in [0.29, 0.717) is 23.9 Å². The highest BCUT2D eigenvalue weighted by Crippen LogP contribution is 2.38. The number of hydrogen-bond donors (Lipinski definition) is 0. The van der Waals surface area contributed by atoms with Crippen LogP contribution in [0.5, 0.6) is 0 Å². The lowest BCUT2D eigenvalue weighted by molar-refractivity contribution is -0.870. The first kappa shape index (κ1) is 82.8. The average molecular weight is 1230 g/mol. The smallest absolute Gasteiger partial charge is 0.306 e. The van der Waals surface area contributed by atoms with Gasteiger partial charge in [-0.05, 0) is 141 Å². The van der Waals surface area contributed by atoms with E-state index in [1.54, 1.807) is 0 Å². The highest BCUT2D eigenvalue weighted by molar-refractivity contribution is 7.45. The number of rotatable bonds is 60. The summed E-state index contributed by atoms with van der Waals surface area (Å²) in [7, 11) is 1.12. The Bertz CT molecular complexity index is 2190. The number of carbonyl (C=O) groups is 2. The predicted octanol–water partition coefficient (Wildman–Crippen LogP) is 21.9. The first-order valence-corrected chi connectivity index (χ1v) is 35.6. The maximum absolute atomic E-state index is 12.9. The van der Waals surface area contributed by atoms with Crippen molar-refractivity contribution in [3.8, 4) is 0 Å². The van der Waals surface area contributed by atoms with Crippen molar-refractivity contribution in [3.63, 3.8) is 0 Å². The largest absolute Gasteiger partial charge is 0.756 e. The van der Waals surface area contributed by atoms with E-state index in [1.165, 1.54) is 38.5 Å². The zero-order valence-electron chi connectivity index (χ0n) is 56.1. The van der Waals surface area contributed by atoms with Gasteiger partial charge in [0, 0.05) is 12.8 Å².